The van der Waals surface area contributed by atoms with Crippen LogP contribution in [0.1, 0.15) is 40.0 Å². The van der Waals surface area contributed by atoms with Crippen LogP contribution in [0.5, 0.6) is 0 Å². The topological polar surface area (TPSA) is 49.4 Å². The van der Waals surface area contributed by atoms with Crippen LogP contribution in [0.15, 0.2) is 0 Å². The van der Waals surface area contributed by atoms with Crippen LogP contribution in [0, 0.1) is 11.3 Å². The number of nitrogens with zero attached hydrogens (tertiary/aromatic N) is 1. The summed E-state index contributed by atoms with van der Waals surface area (Å²) in [6, 6.07) is -0.315. The van der Waals surface area contributed by atoms with E-state index < -0.39 is 0 Å². The normalized spacial score (nSPS) is 26.8. The minimum absolute atomic E-state index is 0.00331. The standard InChI is InChI=1S/C13H22N2O2/c1-13(2,3)11-12(17)14-7-10(16)15(11)8-9-5-4-6-9/h9,11H,4-8H2,1-3H3,(H,14,17). The Kier molecular flexibility index (Phi) is 3.15. The highest BCUT2D eigenvalue weighted by atomic mass is 16.2. The van der Waals surface area contributed by atoms with E-state index in [1.165, 1.54) is 19.3 Å². The van der Waals surface area contributed by atoms with Gasteiger partial charge in [-0.2, -0.15) is 0 Å². The Balaban J connectivity index is 2.15. The monoisotopic (exact) mass is 238 g/mol. The number of carbonyl (C=O) groups is 2. The minimum Gasteiger partial charge on any atom is -0.345 e. The molecular formula is C13H22N2O2. The molecular weight excluding hydrogens is 216 g/mol. The smallest absolute Gasteiger partial charge is 0.243 e. The third-order valence-corrected chi connectivity index (χ3v) is 3.79. The summed E-state index contributed by atoms with van der Waals surface area (Å²) in [6.45, 7) is 6.98. The second kappa shape index (κ2) is 4.31. The van der Waals surface area contributed by atoms with Gasteiger partial charge in [-0.05, 0) is 24.2 Å². The molecule has 1 heterocycles. The summed E-state index contributed by atoms with van der Waals surface area (Å²) in [5.41, 5.74) is -0.204. The Bertz CT molecular complexity index is 329. The third-order valence-electron chi connectivity index (χ3n) is 3.79. The molecule has 1 unspecified atom stereocenters. The van der Waals surface area contributed by atoms with Crippen molar-refractivity contribution in [1.82, 2.24) is 10.2 Å². The van der Waals surface area contributed by atoms with Crippen LogP contribution in [0.4, 0.5) is 0 Å². The fourth-order valence-electron chi connectivity index (χ4n) is 2.67. The van der Waals surface area contributed by atoms with Gasteiger partial charge in [0.15, 0.2) is 0 Å². The van der Waals surface area contributed by atoms with Crippen molar-refractivity contribution in [1.29, 1.82) is 0 Å². The maximum Gasteiger partial charge on any atom is 0.243 e. The molecule has 1 N–H and O–H groups in total. The molecule has 0 spiro atoms. The lowest BCUT2D eigenvalue weighted by Crippen LogP contribution is -2.63. The third kappa shape index (κ3) is 2.45. The predicted octanol–water partition coefficient (Wildman–Crippen LogP) is 1.16. The largest absolute Gasteiger partial charge is 0.345 e. The molecule has 0 aromatic rings. The SMILES string of the molecule is CC(C)(C)C1C(=O)NCC(=O)N1CC1CCC1. The van der Waals surface area contributed by atoms with Gasteiger partial charge in [0.2, 0.25) is 11.8 Å². The van der Waals surface area contributed by atoms with Crippen molar-refractivity contribution in [2.45, 2.75) is 46.1 Å². The van der Waals surface area contributed by atoms with Crippen LogP contribution in [0.3, 0.4) is 0 Å². The van der Waals surface area contributed by atoms with E-state index in [1.54, 1.807) is 0 Å². The summed E-state index contributed by atoms with van der Waals surface area (Å²) in [5, 5.41) is 2.70. The molecule has 0 bridgehead atoms. The quantitative estimate of drug-likeness (QED) is 0.785. The van der Waals surface area contributed by atoms with Gasteiger partial charge in [0.1, 0.15) is 6.04 Å². The molecule has 96 valence electrons. The first kappa shape index (κ1) is 12.4. The van der Waals surface area contributed by atoms with E-state index in [9.17, 15) is 9.59 Å². The first-order valence-electron chi connectivity index (χ1n) is 6.47. The molecule has 4 heteroatoms. The van der Waals surface area contributed by atoms with Gasteiger partial charge in [0, 0.05) is 6.54 Å². The summed E-state index contributed by atoms with van der Waals surface area (Å²) in [4.78, 5) is 25.8. The summed E-state index contributed by atoms with van der Waals surface area (Å²) in [5.74, 6) is 0.669. The van der Waals surface area contributed by atoms with Crippen molar-refractivity contribution in [3.63, 3.8) is 0 Å². The molecule has 0 aromatic carbocycles. The fraction of sp³-hybridized carbons (Fsp3) is 0.846. The highest BCUT2D eigenvalue weighted by Gasteiger charge is 2.43. The van der Waals surface area contributed by atoms with Crippen LogP contribution in [0.25, 0.3) is 0 Å². The van der Waals surface area contributed by atoms with Crippen molar-refractivity contribution in [2.75, 3.05) is 13.1 Å². The van der Waals surface area contributed by atoms with Crippen LogP contribution in [-0.4, -0.2) is 35.8 Å². The van der Waals surface area contributed by atoms with Gasteiger partial charge in [-0.1, -0.05) is 27.2 Å². The van der Waals surface area contributed by atoms with Gasteiger partial charge in [0.25, 0.3) is 0 Å². The van der Waals surface area contributed by atoms with E-state index in [4.69, 9.17) is 0 Å². The van der Waals surface area contributed by atoms with E-state index in [0.717, 1.165) is 6.54 Å². The average molecular weight is 238 g/mol. The number of piperazine rings is 1. The van der Waals surface area contributed by atoms with Gasteiger partial charge in [0.05, 0.1) is 6.54 Å². The fourth-order valence-corrected chi connectivity index (χ4v) is 2.67. The van der Waals surface area contributed by atoms with Crippen LogP contribution < -0.4 is 5.32 Å². The Labute approximate surface area is 103 Å². The molecule has 0 aromatic heterocycles. The van der Waals surface area contributed by atoms with Crippen molar-refractivity contribution in [3.8, 4) is 0 Å². The van der Waals surface area contributed by atoms with Crippen molar-refractivity contribution in [3.05, 3.63) is 0 Å². The number of hydrogen-bond acceptors (Lipinski definition) is 2. The number of hydrogen-bond donors (Lipinski definition) is 1. The molecule has 2 amide bonds. The van der Waals surface area contributed by atoms with E-state index in [1.807, 2.05) is 25.7 Å². The summed E-state index contributed by atoms with van der Waals surface area (Å²) < 4.78 is 0. The second-order valence-electron chi connectivity index (χ2n) is 6.33. The first-order valence-corrected chi connectivity index (χ1v) is 6.47. The highest BCUT2D eigenvalue weighted by molar-refractivity contribution is 5.95. The van der Waals surface area contributed by atoms with Crippen LogP contribution >= 0.6 is 0 Å². The molecule has 2 aliphatic rings. The molecule has 1 saturated heterocycles. The zero-order valence-corrected chi connectivity index (χ0v) is 11.0. The molecule has 0 radical (unpaired) electrons. The van der Waals surface area contributed by atoms with Gasteiger partial charge in [-0.25, -0.2) is 0 Å². The van der Waals surface area contributed by atoms with Gasteiger partial charge in [-0.15, -0.1) is 0 Å². The van der Waals surface area contributed by atoms with E-state index in [0.29, 0.717) is 5.92 Å². The molecule has 1 atom stereocenters. The van der Waals surface area contributed by atoms with Crippen LogP contribution in [0.2, 0.25) is 0 Å². The lowest BCUT2D eigenvalue weighted by Gasteiger charge is -2.44. The molecule has 2 rings (SSSR count). The van der Waals surface area contributed by atoms with E-state index >= 15 is 0 Å². The zero-order chi connectivity index (χ0) is 12.6. The molecule has 1 saturated carbocycles. The zero-order valence-electron chi connectivity index (χ0n) is 11.0. The lowest BCUT2D eigenvalue weighted by atomic mass is 9.80. The second-order valence-corrected chi connectivity index (χ2v) is 6.33. The van der Waals surface area contributed by atoms with E-state index in [-0.39, 0.29) is 29.8 Å². The summed E-state index contributed by atoms with van der Waals surface area (Å²) in [6.07, 6.45) is 3.66. The number of nitrogens with one attached hydrogen (secondary N) is 1. The summed E-state index contributed by atoms with van der Waals surface area (Å²) in [7, 11) is 0. The van der Waals surface area contributed by atoms with Crippen molar-refractivity contribution >= 4 is 11.8 Å². The maximum atomic E-state index is 12.0. The van der Waals surface area contributed by atoms with Gasteiger partial charge in [-0.3, -0.25) is 9.59 Å². The van der Waals surface area contributed by atoms with Crippen LogP contribution in [-0.2, 0) is 9.59 Å². The molecule has 1 aliphatic heterocycles. The number of amides is 2. The Morgan fingerprint density at radius 3 is 2.41 bits per heavy atom. The van der Waals surface area contributed by atoms with Crippen molar-refractivity contribution in [2.24, 2.45) is 11.3 Å². The lowest BCUT2D eigenvalue weighted by molar-refractivity contribution is -0.151. The predicted molar refractivity (Wildman–Crippen MR) is 65.3 cm³/mol. The Morgan fingerprint density at radius 2 is 1.94 bits per heavy atom. The average Bonchev–Trinajstić information content (AvgIpc) is 2.14. The number of carbonyl (C=O) groups excluding carboxylic acids is 2. The molecule has 1 aliphatic carbocycles. The molecule has 4 nitrogen and oxygen atoms in total. The maximum absolute atomic E-state index is 12.0. The van der Waals surface area contributed by atoms with Gasteiger partial charge >= 0.3 is 0 Å². The Morgan fingerprint density at radius 1 is 1.29 bits per heavy atom. The molecule has 2 fully saturated rings. The number of rotatable bonds is 2. The molecule has 17 heavy (non-hydrogen) atoms. The minimum atomic E-state index is -0.315. The van der Waals surface area contributed by atoms with E-state index in [2.05, 4.69) is 5.32 Å². The first-order chi connectivity index (χ1) is 7.89. The van der Waals surface area contributed by atoms with Gasteiger partial charge < -0.3 is 10.2 Å². The van der Waals surface area contributed by atoms with Crippen molar-refractivity contribution < 1.29 is 9.59 Å². The summed E-state index contributed by atoms with van der Waals surface area (Å²) >= 11 is 0. The Hall–Kier alpha value is -1.06. The highest BCUT2D eigenvalue weighted by Crippen LogP contribution is 2.32.